The van der Waals surface area contributed by atoms with Crippen LogP contribution in [0.1, 0.15) is 55.5 Å². The SMILES string of the molecule is CC1(C)c2ccccc2-c2ccc(-c3cc4c(cc3Nc3cc(C5=NN5)cc(-c5cccc6c5oc5ccccc56)c3)-c3ccccc3C4(C)C)cc21. The molecule has 11 rings (SSSR count). The number of nitrogens with zero attached hydrogens (tertiary/aromatic N) is 1. The second kappa shape index (κ2) is 10.6. The summed E-state index contributed by atoms with van der Waals surface area (Å²) in [5.41, 5.74) is 23.0. The van der Waals surface area contributed by atoms with Gasteiger partial charge in [-0.25, -0.2) is 0 Å². The third kappa shape index (κ3) is 4.39. The van der Waals surface area contributed by atoms with Gasteiger partial charge in [0, 0.05) is 49.7 Å². The number of nitrogens with one attached hydrogen (secondary N) is 2. The molecule has 0 unspecified atom stereocenters. The van der Waals surface area contributed by atoms with Crippen molar-refractivity contribution in [2.75, 3.05) is 5.32 Å². The Hall–Kier alpha value is -6.39. The monoisotopic (exact) mass is 683 g/mol. The highest BCUT2D eigenvalue weighted by molar-refractivity contribution is 6.11. The molecule has 0 amide bonds. The van der Waals surface area contributed by atoms with Crippen molar-refractivity contribution < 1.29 is 4.42 Å². The molecule has 0 saturated carbocycles. The summed E-state index contributed by atoms with van der Waals surface area (Å²) in [6.07, 6.45) is 0. The molecule has 0 radical (unpaired) electrons. The summed E-state index contributed by atoms with van der Waals surface area (Å²) in [4.78, 5) is 0. The first-order valence-corrected chi connectivity index (χ1v) is 18.5. The summed E-state index contributed by atoms with van der Waals surface area (Å²) < 4.78 is 6.50. The molecule has 0 fully saturated rings. The number of amidine groups is 1. The van der Waals surface area contributed by atoms with Crippen molar-refractivity contribution in [2.24, 2.45) is 5.10 Å². The number of anilines is 2. The fourth-order valence-electron chi connectivity index (χ4n) is 9.24. The van der Waals surface area contributed by atoms with Crippen LogP contribution in [0.15, 0.2) is 149 Å². The van der Waals surface area contributed by atoms with Gasteiger partial charge in [-0.05, 0) is 98.1 Å². The molecule has 0 bridgehead atoms. The van der Waals surface area contributed by atoms with E-state index in [0.29, 0.717) is 0 Å². The number of benzene rings is 7. The largest absolute Gasteiger partial charge is 0.455 e. The van der Waals surface area contributed by atoms with Gasteiger partial charge in [0.1, 0.15) is 11.2 Å². The van der Waals surface area contributed by atoms with Crippen molar-refractivity contribution in [3.05, 3.63) is 167 Å². The van der Waals surface area contributed by atoms with Gasteiger partial charge in [-0.15, -0.1) is 0 Å². The first-order valence-electron chi connectivity index (χ1n) is 18.5. The maximum Gasteiger partial charge on any atom is 0.173 e. The molecule has 7 aromatic carbocycles. The van der Waals surface area contributed by atoms with Crippen LogP contribution in [0.2, 0.25) is 0 Å². The minimum Gasteiger partial charge on any atom is -0.455 e. The van der Waals surface area contributed by atoms with Gasteiger partial charge < -0.3 is 9.73 Å². The summed E-state index contributed by atoms with van der Waals surface area (Å²) in [7, 11) is 0. The molecule has 4 nitrogen and oxygen atoms in total. The molecule has 0 spiro atoms. The van der Waals surface area contributed by atoms with Crippen LogP contribution >= 0.6 is 0 Å². The maximum absolute atomic E-state index is 6.50. The van der Waals surface area contributed by atoms with E-state index in [1.807, 2.05) is 12.1 Å². The fourth-order valence-corrected chi connectivity index (χ4v) is 9.24. The van der Waals surface area contributed by atoms with Crippen LogP contribution in [0.3, 0.4) is 0 Å². The minimum atomic E-state index is -0.125. The smallest absolute Gasteiger partial charge is 0.173 e. The summed E-state index contributed by atoms with van der Waals surface area (Å²) in [5, 5.41) is 10.6. The highest BCUT2D eigenvalue weighted by atomic mass is 16.3. The molecule has 2 heterocycles. The molecule has 1 aromatic heterocycles. The van der Waals surface area contributed by atoms with Gasteiger partial charge >= 0.3 is 0 Å². The lowest BCUT2D eigenvalue weighted by Crippen LogP contribution is -2.15. The van der Waals surface area contributed by atoms with Gasteiger partial charge in [0.2, 0.25) is 0 Å². The summed E-state index contributed by atoms with van der Waals surface area (Å²) in [6.45, 7) is 9.42. The minimum absolute atomic E-state index is 0.0966. The average Bonchev–Trinajstić information content (AvgIpc) is 3.88. The summed E-state index contributed by atoms with van der Waals surface area (Å²) in [5.74, 6) is 0.886. The molecule has 1 aliphatic heterocycles. The highest BCUT2D eigenvalue weighted by Gasteiger charge is 2.38. The zero-order valence-corrected chi connectivity index (χ0v) is 30.1. The topological polar surface area (TPSA) is 59.5 Å². The maximum atomic E-state index is 6.50. The first-order chi connectivity index (χ1) is 25.8. The molecule has 8 aromatic rings. The van der Waals surface area contributed by atoms with E-state index < -0.39 is 0 Å². The Morgan fingerprint density at radius 2 is 1.11 bits per heavy atom. The van der Waals surface area contributed by atoms with Crippen molar-refractivity contribution >= 4 is 39.1 Å². The van der Waals surface area contributed by atoms with Gasteiger partial charge in [0.25, 0.3) is 0 Å². The molecule has 53 heavy (non-hydrogen) atoms. The quantitative estimate of drug-likeness (QED) is 0.190. The Balaban J connectivity index is 1.10. The lowest BCUT2D eigenvalue weighted by molar-refractivity contribution is 0.659. The number of hydrogen-bond donors (Lipinski definition) is 2. The van der Waals surface area contributed by atoms with E-state index in [1.165, 1.54) is 55.6 Å². The van der Waals surface area contributed by atoms with Crippen LogP contribution in [0.25, 0.3) is 66.4 Å². The fraction of sp³-hybridized carbons (Fsp3) is 0.122. The van der Waals surface area contributed by atoms with Crippen LogP contribution in [0.4, 0.5) is 11.4 Å². The van der Waals surface area contributed by atoms with Crippen molar-refractivity contribution in [1.82, 2.24) is 5.43 Å². The predicted octanol–water partition coefficient (Wildman–Crippen LogP) is 12.5. The van der Waals surface area contributed by atoms with Crippen molar-refractivity contribution in [2.45, 2.75) is 38.5 Å². The van der Waals surface area contributed by atoms with E-state index in [9.17, 15) is 0 Å². The second-order valence-corrected chi connectivity index (χ2v) is 15.8. The van der Waals surface area contributed by atoms with E-state index in [2.05, 4.69) is 171 Å². The van der Waals surface area contributed by atoms with Gasteiger partial charge in [-0.2, -0.15) is 5.10 Å². The zero-order chi connectivity index (χ0) is 35.6. The van der Waals surface area contributed by atoms with E-state index in [4.69, 9.17) is 4.42 Å². The lowest BCUT2D eigenvalue weighted by Gasteiger charge is -2.25. The molecule has 2 aliphatic carbocycles. The van der Waals surface area contributed by atoms with Crippen LogP contribution in [-0.4, -0.2) is 5.84 Å². The van der Waals surface area contributed by atoms with Crippen LogP contribution < -0.4 is 10.7 Å². The lowest BCUT2D eigenvalue weighted by atomic mass is 9.80. The van der Waals surface area contributed by atoms with Gasteiger partial charge in [-0.3, -0.25) is 5.43 Å². The average molecular weight is 684 g/mol. The highest BCUT2D eigenvalue weighted by Crippen LogP contribution is 2.54. The third-order valence-corrected chi connectivity index (χ3v) is 12.0. The molecular formula is C49H37N3O. The zero-order valence-electron chi connectivity index (χ0n) is 30.1. The standard InChI is InChI=1S/C49H37N3O/c1-48(2)40-17-8-5-12-33(40)35-21-20-28(25-42(35)48)38-26-43-39(34-13-6-9-18-41(34)49(43,3)4)27-44(38)50-31-23-29(22-30(24-31)47-51-52-47)32-15-11-16-37-36-14-7-10-19-45(36)53-46(32)37/h5-27,50H,1-4H3,(H,51,52). The molecule has 0 atom stereocenters. The number of hydrogen-bond acceptors (Lipinski definition) is 4. The van der Waals surface area contributed by atoms with Crippen molar-refractivity contribution in [3.63, 3.8) is 0 Å². The Kier molecular flexibility index (Phi) is 6.04. The Morgan fingerprint density at radius 1 is 0.491 bits per heavy atom. The Labute approximate surface area is 308 Å². The molecule has 2 N–H and O–H groups in total. The van der Waals surface area contributed by atoms with Crippen LogP contribution in [0, 0.1) is 0 Å². The molecule has 254 valence electrons. The van der Waals surface area contributed by atoms with Gasteiger partial charge in [0.15, 0.2) is 5.84 Å². The predicted molar refractivity (Wildman–Crippen MR) is 219 cm³/mol. The van der Waals surface area contributed by atoms with Crippen molar-refractivity contribution in [3.8, 4) is 44.5 Å². The number of rotatable bonds is 5. The summed E-state index contributed by atoms with van der Waals surface area (Å²) in [6, 6.07) is 51.0. The first kappa shape index (κ1) is 30.3. The molecule has 3 aliphatic rings. The van der Waals surface area contributed by atoms with E-state index >= 15 is 0 Å². The van der Waals surface area contributed by atoms with Gasteiger partial charge in [-0.1, -0.05) is 125 Å². The Morgan fingerprint density at radius 3 is 1.89 bits per heavy atom. The number of furan rings is 1. The van der Waals surface area contributed by atoms with Gasteiger partial charge in [0.05, 0.1) is 0 Å². The number of fused-ring (bicyclic) bond motifs is 9. The number of hydrazone groups is 1. The number of para-hydroxylation sites is 2. The summed E-state index contributed by atoms with van der Waals surface area (Å²) >= 11 is 0. The van der Waals surface area contributed by atoms with E-state index in [1.54, 1.807) is 0 Å². The van der Waals surface area contributed by atoms with Crippen LogP contribution in [-0.2, 0) is 10.8 Å². The molecule has 0 saturated heterocycles. The molecule has 4 heteroatoms. The molecular weight excluding hydrogens is 647 g/mol. The van der Waals surface area contributed by atoms with Crippen molar-refractivity contribution in [1.29, 1.82) is 0 Å². The van der Waals surface area contributed by atoms with Crippen LogP contribution in [0.5, 0.6) is 0 Å². The second-order valence-electron chi connectivity index (χ2n) is 15.8. The Bertz CT molecular complexity index is 2910. The normalized spacial score (nSPS) is 15.4. The van der Waals surface area contributed by atoms with E-state index in [-0.39, 0.29) is 10.8 Å². The third-order valence-electron chi connectivity index (χ3n) is 12.0. The van der Waals surface area contributed by atoms with E-state index in [0.717, 1.165) is 55.8 Å².